The zero-order valence-corrected chi connectivity index (χ0v) is 6.52. The van der Waals surface area contributed by atoms with Gasteiger partial charge >= 0.3 is 0 Å². The summed E-state index contributed by atoms with van der Waals surface area (Å²) < 4.78 is 0. The van der Waals surface area contributed by atoms with Crippen molar-refractivity contribution in [3.8, 4) is 0 Å². The van der Waals surface area contributed by atoms with Crippen LogP contribution in [0.1, 0.15) is 20.8 Å². The van der Waals surface area contributed by atoms with Crippen molar-refractivity contribution in [2.75, 3.05) is 7.05 Å². The van der Waals surface area contributed by atoms with E-state index in [9.17, 15) is 0 Å². The van der Waals surface area contributed by atoms with Crippen molar-refractivity contribution in [2.45, 2.75) is 20.8 Å². The summed E-state index contributed by atoms with van der Waals surface area (Å²) in [6.45, 7) is 5.99. The number of nitrogens with one attached hydrogen (secondary N) is 1. The first-order valence-corrected chi connectivity index (χ1v) is 2.99. The van der Waals surface area contributed by atoms with Crippen LogP contribution in [0.3, 0.4) is 0 Å². The smallest absolute Gasteiger partial charge is 0.0545 e. The SMILES string of the molecule is CN=CC(=N)C(C)(C)C. The Balaban J connectivity index is 4.06. The standard InChI is InChI=1S/C7H14N2/c1-7(2,3)6(8)5-9-4/h5,8H,1-4H3. The van der Waals surface area contributed by atoms with Crippen molar-refractivity contribution in [3.05, 3.63) is 0 Å². The van der Waals surface area contributed by atoms with Crippen LogP contribution < -0.4 is 0 Å². The Bertz CT molecular complexity index is 128. The van der Waals surface area contributed by atoms with Crippen LogP contribution in [0.15, 0.2) is 4.99 Å². The Labute approximate surface area is 56.5 Å². The molecule has 0 aliphatic rings. The molecule has 9 heavy (non-hydrogen) atoms. The lowest BCUT2D eigenvalue weighted by atomic mass is 9.91. The van der Waals surface area contributed by atoms with Gasteiger partial charge in [-0.15, -0.1) is 0 Å². The third-order valence-corrected chi connectivity index (χ3v) is 1.07. The zero-order valence-electron chi connectivity index (χ0n) is 6.52. The fraction of sp³-hybridized carbons (Fsp3) is 0.714. The van der Waals surface area contributed by atoms with Crippen molar-refractivity contribution in [3.63, 3.8) is 0 Å². The van der Waals surface area contributed by atoms with Crippen molar-refractivity contribution >= 4 is 11.9 Å². The molecule has 0 aromatic heterocycles. The highest BCUT2D eigenvalue weighted by Crippen LogP contribution is 2.12. The second-order valence-electron chi connectivity index (χ2n) is 3.05. The summed E-state index contributed by atoms with van der Waals surface area (Å²) in [6, 6.07) is 0. The predicted octanol–water partition coefficient (Wildman–Crippen LogP) is 1.75. The molecular weight excluding hydrogens is 112 g/mol. The van der Waals surface area contributed by atoms with Gasteiger partial charge in [-0.3, -0.25) is 4.99 Å². The summed E-state index contributed by atoms with van der Waals surface area (Å²) in [6.07, 6.45) is 1.58. The molecule has 0 aliphatic heterocycles. The number of aliphatic imine (C=N–C) groups is 1. The molecular formula is C7H14N2. The maximum atomic E-state index is 7.39. The minimum absolute atomic E-state index is 0.0560. The molecule has 0 saturated carbocycles. The van der Waals surface area contributed by atoms with E-state index in [4.69, 9.17) is 5.41 Å². The molecule has 0 aliphatic carbocycles. The summed E-state index contributed by atoms with van der Waals surface area (Å²) in [7, 11) is 1.68. The minimum atomic E-state index is -0.0560. The molecule has 0 spiro atoms. The molecule has 0 unspecified atom stereocenters. The van der Waals surface area contributed by atoms with Crippen LogP contribution in [0.5, 0.6) is 0 Å². The molecule has 1 N–H and O–H groups in total. The van der Waals surface area contributed by atoms with Crippen LogP contribution in [-0.4, -0.2) is 19.0 Å². The van der Waals surface area contributed by atoms with Gasteiger partial charge in [0.15, 0.2) is 0 Å². The summed E-state index contributed by atoms with van der Waals surface area (Å²) >= 11 is 0. The van der Waals surface area contributed by atoms with Crippen LogP contribution in [0.25, 0.3) is 0 Å². The van der Waals surface area contributed by atoms with Crippen molar-refractivity contribution in [2.24, 2.45) is 10.4 Å². The molecule has 0 radical (unpaired) electrons. The lowest BCUT2D eigenvalue weighted by Crippen LogP contribution is -2.20. The first-order valence-electron chi connectivity index (χ1n) is 2.99. The van der Waals surface area contributed by atoms with Gasteiger partial charge in [-0.05, 0) is 0 Å². The first kappa shape index (κ1) is 8.34. The summed E-state index contributed by atoms with van der Waals surface area (Å²) in [5.74, 6) is 0. The van der Waals surface area contributed by atoms with Crippen molar-refractivity contribution in [1.82, 2.24) is 0 Å². The molecule has 0 aromatic rings. The monoisotopic (exact) mass is 126 g/mol. The Morgan fingerprint density at radius 1 is 1.44 bits per heavy atom. The van der Waals surface area contributed by atoms with Gasteiger partial charge in [-0.25, -0.2) is 0 Å². The van der Waals surface area contributed by atoms with Gasteiger partial charge in [-0.1, -0.05) is 20.8 Å². The van der Waals surface area contributed by atoms with Gasteiger partial charge in [0.05, 0.1) is 5.71 Å². The Morgan fingerprint density at radius 3 is 2.00 bits per heavy atom. The van der Waals surface area contributed by atoms with E-state index in [1.54, 1.807) is 13.3 Å². The van der Waals surface area contributed by atoms with E-state index in [-0.39, 0.29) is 5.41 Å². The molecule has 0 amide bonds. The lowest BCUT2D eigenvalue weighted by molar-refractivity contribution is 0.595. The Morgan fingerprint density at radius 2 is 1.89 bits per heavy atom. The molecule has 0 bridgehead atoms. The second-order valence-corrected chi connectivity index (χ2v) is 3.05. The molecule has 0 heterocycles. The highest BCUT2D eigenvalue weighted by Gasteiger charge is 2.13. The molecule has 0 aromatic carbocycles. The third-order valence-electron chi connectivity index (χ3n) is 1.07. The van der Waals surface area contributed by atoms with Crippen LogP contribution >= 0.6 is 0 Å². The van der Waals surface area contributed by atoms with Gasteiger partial charge in [0.25, 0.3) is 0 Å². The maximum Gasteiger partial charge on any atom is 0.0545 e. The van der Waals surface area contributed by atoms with E-state index < -0.39 is 0 Å². The summed E-state index contributed by atoms with van der Waals surface area (Å²) in [5.41, 5.74) is 0.518. The zero-order chi connectivity index (χ0) is 7.49. The number of hydrogen-bond acceptors (Lipinski definition) is 2. The van der Waals surface area contributed by atoms with Crippen LogP contribution in [-0.2, 0) is 0 Å². The van der Waals surface area contributed by atoms with Crippen LogP contribution in [0.2, 0.25) is 0 Å². The fourth-order valence-electron chi connectivity index (χ4n) is 0.323. The highest BCUT2D eigenvalue weighted by atomic mass is 14.7. The number of nitrogens with zero attached hydrogens (tertiary/aromatic N) is 1. The average Bonchev–Trinajstić information content (AvgIpc) is 1.64. The molecule has 0 saturated heterocycles. The fourth-order valence-corrected chi connectivity index (χ4v) is 0.323. The Kier molecular flexibility index (Phi) is 2.56. The summed E-state index contributed by atoms with van der Waals surface area (Å²) in [5, 5.41) is 7.39. The van der Waals surface area contributed by atoms with E-state index in [0.717, 1.165) is 0 Å². The van der Waals surface area contributed by atoms with Gasteiger partial charge in [0.1, 0.15) is 0 Å². The van der Waals surface area contributed by atoms with Crippen LogP contribution in [0.4, 0.5) is 0 Å². The molecule has 52 valence electrons. The third kappa shape index (κ3) is 3.01. The van der Waals surface area contributed by atoms with E-state index >= 15 is 0 Å². The average molecular weight is 126 g/mol. The topological polar surface area (TPSA) is 36.2 Å². The largest absolute Gasteiger partial charge is 0.303 e. The van der Waals surface area contributed by atoms with Gasteiger partial charge in [-0.2, -0.15) is 0 Å². The highest BCUT2D eigenvalue weighted by molar-refractivity contribution is 6.31. The second kappa shape index (κ2) is 2.76. The summed E-state index contributed by atoms with van der Waals surface area (Å²) in [4.78, 5) is 3.75. The van der Waals surface area contributed by atoms with Crippen molar-refractivity contribution in [1.29, 1.82) is 5.41 Å². The molecule has 2 heteroatoms. The maximum absolute atomic E-state index is 7.39. The normalized spacial score (nSPS) is 12.4. The van der Waals surface area contributed by atoms with E-state index in [2.05, 4.69) is 4.99 Å². The van der Waals surface area contributed by atoms with E-state index in [1.807, 2.05) is 20.8 Å². The molecule has 2 nitrogen and oxygen atoms in total. The Hall–Kier alpha value is -0.660. The quantitative estimate of drug-likeness (QED) is 0.520. The van der Waals surface area contributed by atoms with Crippen molar-refractivity contribution < 1.29 is 0 Å². The van der Waals surface area contributed by atoms with Gasteiger partial charge in [0.2, 0.25) is 0 Å². The predicted molar refractivity (Wildman–Crippen MR) is 41.6 cm³/mol. The molecule has 0 atom stereocenters. The van der Waals surface area contributed by atoms with Gasteiger partial charge in [0, 0.05) is 18.7 Å². The minimum Gasteiger partial charge on any atom is -0.303 e. The van der Waals surface area contributed by atoms with E-state index in [0.29, 0.717) is 5.71 Å². The van der Waals surface area contributed by atoms with Crippen LogP contribution in [0, 0.1) is 10.8 Å². The molecule has 0 rings (SSSR count). The van der Waals surface area contributed by atoms with E-state index in [1.165, 1.54) is 0 Å². The van der Waals surface area contributed by atoms with Gasteiger partial charge < -0.3 is 5.41 Å². The number of hydrogen-bond donors (Lipinski definition) is 1. The number of rotatable bonds is 1. The molecule has 0 fully saturated rings. The lowest BCUT2D eigenvalue weighted by Gasteiger charge is -2.15. The first-order chi connectivity index (χ1) is 3.98.